The second kappa shape index (κ2) is 6.00. The molecule has 1 rings (SSSR count). The van der Waals surface area contributed by atoms with E-state index in [2.05, 4.69) is 10.5 Å². The average Bonchev–Trinajstić information content (AvgIpc) is 2.22. The van der Waals surface area contributed by atoms with Crippen molar-refractivity contribution in [3.63, 3.8) is 0 Å². The van der Waals surface area contributed by atoms with Crippen molar-refractivity contribution in [2.45, 2.75) is 25.7 Å². The van der Waals surface area contributed by atoms with Crippen molar-refractivity contribution in [3.8, 4) is 0 Å². The number of carbonyl (C=O) groups excluding carboxylic acids is 1. The molecule has 0 radical (unpaired) electrons. The summed E-state index contributed by atoms with van der Waals surface area (Å²) in [6, 6.07) is 0. The van der Waals surface area contributed by atoms with Gasteiger partial charge in [0, 0.05) is 29.4 Å². The Morgan fingerprint density at radius 1 is 1.59 bits per heavy atom. The maximum absolute atomic E-state index is 11.9. The van der Waals surface area contributed by atoms with Gasteiger partial charge in [0.2, 0.25) is 5.91 Å². The molecule has 0 aromatic carbocycles. The third-order valence-electron chi connectivity index (χ3n) is 3.13. The fraction of sp³-hybridized carbons (Fsp3) is 0.800. The van der Waals surface area contributed by atoms with Gasteiger partial charge in [0.15, 0.2) is 5.84 Å². The number of amidine groups is 1. The van der Waals surface area contributed by atoms with E-state index < -0.39 is 16.2 Å². The van der Waals surface area contributed by atoms with Crippen LogP contribution in [0.15, 0.2) is 5.16 Å². The quantitative estimate of drug-likeness (QED) is 0.202. The van der Waals surface area contributed by atoms with Crippen molar-refractivity contribution in [2.24, 2.45) is 16.3 Å². The Hall–Kier alpha value is -1.11. The van der Waals surface area contributed by atoms with Gasteiger partial charge in [0.05, 0.1) is 0 Å². The monoisotopic (exact) mass is 261 g/mol. The van der Waals surface area contributed by atoms with E-state index in [4.69, 9.17) is 10.9 Å². The van der Waals surface area contributed by atoms with Crippen molar-refractivity contribution in [2.75, 3.05) is 18.6 Å². The van der Waals surface area contributed by atoms with Gasteiger partial charge in [-0.2, -0.15) is 0 Å². The number of hydrogen-bond donors (Lipinski definition) is 3. The predicted octanol–water partition coefficient (Wildman–Crippen LogP) is -0.212. The number of nitrogens with zero attached hydrogens (tertiary/aromatic N) is 1. The van der Waals surface area contributed by atoms with Crippen LogP contribution in [0.5, 0.6) is 0 Å². The van der Waals surface area contributed by atoms with Crippen LogP contribution in [0, 0.1) is 5.41 Å². The summed E-state index contributed by atoms with van der Waals surface area (Å²) in [5, 5.41) is 14.4. The normalized spacial score (nSPS) is 20.4. The minimum absolute atomic E-state index is 0.0136. The Bertz CT molecular complexity index is 340. The van der Waals surface area contributed by atoms with Crippen LogP contribution in [0.25, 0.3) is 0 Å². The number of amides is 1. The number of nitrogens with one attached hydrogen (secondary N) is 1. The first kappa shape index (κ1) is 14.0. The Balaban J connectivity index is 2.43. The molecule has 0 aromatic rings. The highest BCUT2D eigenvalue weighted by molar-refractivity contribution is 7.84. The van der Waals surface area contributed by atoms with E-state index in [1.165, 1.54) is 0 Å². The van der Waals surface area contributed by atoms with E-state index in [-0.39, 0.29) is 11.7 Å². The molecule has 1 amide bonds. The Morgan fingerprint density at radius 2 is 2.24 bits per heavy atom. The van der Waals surface area contributed by atoms with E-state index in [0.717, 1.165) is 6.42 Å². The van der Waals surface area contributed by atoms with Crippen LogP contribution < -0.4 is 11.1 Å². The first-order chi connectivity index (χ1) is 8.03. The van der Waals surface area contributed by atoms with Crippen LogP contribution in [0.1, 0.15) is 25.7 Å². The summed E-state index contributed by atoms with van der Waals surface area (Å²) in [7, 11) is -0.839. The second-order valence-electron chi connectivity index (χ2n) is 4.31. The summed E-state index contributed by atoms with van der Waals surface area (Å²) in [4.78, 5) is 11.9. The molecular formula is C10H19N3O3S. The van der Waals surface area contributed by atoms with Crippen LogP contribution in [-0.2, 0) is 15.6 Å². The molecule has 1 atom stereocenters. The molecule has 0 bridgehead atoms. The van der Waals surface area contributed by atoms with Crippen LogP contribution >= 0.6 is 0 Å². The minimum atomic E-state index is -0.839. The number of nitrogens with two attached hydrogens (primary N) is 1. The van der Waals surface area contributed by atoms with Crippen LogP contribution in [0.4, 0.5) is 0 Å². The molecule has 1 saturated carbocycles. The highest BCUT2D eigenvalue weighted by Crippen LogP contribution is 2.41. The van der Waals surface area contributed by atoms with Gasteiger partial charge in [-0.05, 0) is 19.3 Å². The molecule has 1 unspecified atom stereocenters. The third-order valence-corrected chi connectivity index (χ3v) is 4.00. The van der Waals surface area contributed by atoms with Gasteiger partial charge in [-0.1, -0.05) is 11.6 Å². The fourth-order valence-corrected chi connectivity index (χ4v) is 2.42. The van der Waals surface area contributed by atoms with Gasteiger partial charge >= 0.3 is 0 Å². The van der Waals surface area contributed by atoms with E-state index in [1.54, 1.807) is 6.26 Å². The van der Waals surface area contributed by atoms with Crippen molar-refractivity contribution in [1.29, 1.82) is 0 Å². The second-order valence-corrected chi connectivity index (χ2v) is 5.86. The van der Waals surface area contributed by atoms with Crippen molar-refractivity contribution in [1.82, 2.24) is 5.32 Å². The fourth-order valence-electron chi connectivity index (χ4n) is 1.87. The molecule has 98 valence electrons. The number of carbonyl (C=O) groups is 1. The predicted molar refractivity (Wildman–Crippen MR) is 66.3 cm³/mol. The highest BCUT2D eigenvalue weighted by Gasteiger charge is 2.48. The van der Waals surface area contributed by atoms with Crippen molar-refractivity contribution < 1.29 is 14.2 Å². The zero-order valence-corrected chi connectivity index (χ0v) is 10.8. The minimum Gasteiger partial charge on any atom is -0.409 e. The number of hydrogen-bond acceptors (Lipinski definition) is 4. The SMILES string of the molecule is CS(=O)CCCNC(=O)C1(C(N)=NO)CCC1. The van der Waals surface area contributed by atoms with Crippen molar-refractivity contribution in [3.05, 3.63) is 0 Å². The van der Waals surface area contributed by atoms with Gasteiger partial charge in [-0.3, -0.25) is 9.00 Å². The summed E-state index contributed by atoms with van der Waals surface area (Å²) in [5.41, 5.74) is 4.74. The lowest BCUT2D eigenvalue weighted by atomic mass is 9.67. The Labute approximate surface area is 103 Å². The average molecular weight is 261 g/mol. The summed E-state index contributed by atoms with van der Waals surface area (Å²) >= 11 is 0. The molecule has 7 heteroatoms. The van der Waals surface area contributed by atoms with Gasteiger partial charge < -0.3 is 16.3 Å². The van der Waals surface area contributed by atoms with Crippen LogP contribution in [0.3, 0.4) is 0 Å². The summed E-state index contributed by atoms with van der Waals surface area (Å²) in [6.07, 6.45) is 4.44. The first-order valence-corrected chi connectivity index (χ1v) is 7.32. The molecule has 0 aromatic heterocycles. The summed E-state index contributed by atoms with van der Waals surface area (Å²) in [5.74, 6) is 0.359. The Morgan fingerprint density at radius 3 is 2.65 bits per heavy atom. The molecule has 4 N–H and O–H groups in total. The standard InChI is InChI=1S/C10H19N3O3S/c1-17(16)7-3-6-12-9(14)10(4-2-5-10)8(11)13-15/h15H,2-7H2,1H3,(H2,11,13)(H,12,14). The van der Waals surface area contributed by atoms with Gasteiger partial charge in [-0.25, -0.2) is 0 Å². The van der Waals surface area contributed by atoms with E-state index in [1.807, 2.05) is 0 Å². The van der Waals surface area contributed by atoms with Crippen LogP contribution in [0.2, 0.25) is 0 Å². The lowest BCUT2D eigenvalue weighted by Crippen LogP contribution is -2.54. The molecule has 1 fully saturated rings. The van der Waals surface area contributed by atoms with E-state index in [0.29, 0.717) is 31.6 Å². The largest absolute Gasteiger partial charge is 0.409 e. The molecule has 6 nitrogen and oxygen atoms in total. The molecular weight excluding hydrogens is 242 g/mol. The number of oxime groups is 1. The van der Waals surface area contributed by atoms with Crippen molar-refractivity contribution >= 4 is 22.5 Å². The third kappa shape index (κ3) is 3.18. The topological polar surface area (TPSA) is 105 Å². The molecule has 0 aliphatic heterocycles. The summed E-state index contributed by atoms with van der Waals surface area (Å²) in [6.45, 7) is 0.471. The van der Waals surface area contributed by atoms with Gasteiger partial charge in [0.25, 0.3) is 0 Å². The molecule has 1 aliphatic carbocycles. The molecule has 0 spiro atoms. The van der Waals surface area contributed by atoms with Crippen LogP contribution in [-0.4, -0.2) is 39.7 Å². The maximum atomic E-state index is 11.9. The summed E-state index contributed by atoms with van der Waals surface area (Å²) < 4.78 is 10.8. The van der Waals surface area contributed by atoms with Gasteiger partial charge in [0.1, 0.15) is 5.41 Å². The zero-order valence-electron chi connectivity index (χ0n) is 9.94. The van der Waals surface area contributed by atoms with E-state index >= 15 is 0 Å². The lowest BCUT2D eigenvalue weighted by Gasteiger charge is -2.38. The maximum Gasteiger partial charge on any atom is 0.233 e. The highest BCUT2D eigenvalue weighted by atomic mass is 32.2. The zero-order chi connectivity index (χ0) is 12.9. The van der Waals surface area contributed by atoms with E-state index in [9.17, 15) is 9.00 Å². The lowest BCUT2D eigenvalue weighted by molar-refractivity contribution is -0.131. The molecule has 1 aliphatic rings. The molecule has 0 heterocycles. The first-order valence-electron chi connectivity index (χ1n) is 5.59. The van der Waals surface area contributed by atoms with Gasteiger partial charge in [-0.15, -0.1) is 0 Å². The molecule has 0 saturated heterocycles. The molecule has 17 heavy (non-hydrogen) atoms. The Kier molecular flexibility index (Phi) is 4.92. The smallest absolute Gasteiger partial charge is 0.233 e. The number of rotatable bonds is 6.